The van der Waals surface area contributed by atoms with E-state index in [4.69, 9.17) is 4.74 Å². The highest BCUT2D eigenvalue weighted by Crippen LogP contribution is 2.32. The van der Waals surface area contributed by atoms with Gasteiger partial charge in [-0.2, -0.15) is 0 Å². The maximum Gasteiger partial charge on any atom is 0.257 e. The first-order valence-corrected chi connectivity index (χ1v) is 9.41. The summed E-state index contributed by atoms with van der Waals surface area (Å²) in [5.74, 6) is -0.608. The fourth-order valence-electron chi connectivity index (χ4n) is 3.33. The normalized spacial score (nSPS) is 18.0. The predicted molar refractivity (Wildman–Crippen MR) is 109 cm³/mol. The summed E-state index contributed by atoms with van der Waals surface area (Å²) in [6.45, 7) is 5.45. The lowest BCUT2D eigenvalue weighted by Crippen LogP contribution is -2.38. The minimum atomic E-state index is -0.367. The number of hydrogen-bond acceptors (Lipinski definition) is 5. The molecule has 0 radical (unpaired) electrons. The van der Waals surface area contributed by atoms with E-state index in [2.05, 4.69) is 20.9 Å². The highest BCUT2D eigenvalue weighted by atomic mass is 19.1. The molecule has 2 aliphatic heterocycles. The van der Waals surface area contributed by atoms with Gasteiger partial charge in [0.1, 0.15) is 5.82 Å². The molecule has 0 aromatic heterocycles. The van der Waals surface area contributed by atoms with E-state index in [1.54, 1.807) is 12.3 Å². The van der Waals surface area contributed by atoms with Gasteiger partial charge in [0.25, 0.3) is 5.91 Å². The van der Waals surface area contributed by atoms with Gasteiger partial charge in [0.2, 0.25) is 0 Å². The Bertz CT molecular complexity index is 876. The van der Waals surface area contributed by atoms with Gasteiger partial charge >= 0.3 is 0 Å². The number of morpholine rings is 1. The van der Waals surface area contributed by atoms with Crippen molar-refractivity contribution in [1.82, 2.24) is 4.90 Å². The van der Waals surface area contributed by atoms with Crippen LogP contribution in [0.4, 0.5) is 21.5 Å². The van der Waals surface area contributed by atoms with Crippen molar-refractivity contribution in [3.63, 3.8) is 0 Å². The first-order valence-electron chi connectivity index (χ1n) is 9.41. The summed E-state index contributed by atoms with van der Waals surface area (Å²) in [5.41, 5.74) is 3.50. The molecule has 1 amide bonds. The average Bonchev–Trinajstić information content (AvgIpc) is 3.02. The molecule has 28 heavy (non-hydrogen) atoms. The summed E-state index contributed by atoms with van der Waals surface area (Å²) in [7, 11) is 0. The Labute approximate surface area is 163 Å². The Kier molecular flexibility index (Phi) is 5.55. The van der Waals surface area contributed by atoms with Crippen molar-refractivity contribution >= 4 is 28.5 Å². The predicted octanol–water partition coefficient (Wildman–Crippen LogP) is 2.97. The molecule has 0 saturated carbocycles. The summed E-state index contributed by atoms with van der Waals surface area (Å²) in [5, 5.41) is 9.26. The van der Waals surface area contributed by atoms with Gasteiger partial charge in [-0.25, -0.2) is 4.39 Å². The van der Waals surface area contributed by atoms with E-state index in [0.717, 1.165) is 50.8 Å². The smallest absolute Gasteiger partial charge is 0.257 e. The molecule has 4 rings (SSSR count). The van der Waals surface area contributed by atoms with E-state index in [-0.39, 0.29) is 11.7 Å². The van der Waals surface area contributed by atoms with Gasteiger partial charge in [-0.15, -0.1) is 0 Å². The number of carbonyl (C=O) groups excluding carboxylic acids is 1. The molecule has 1 fully saturated rings. The molecule has 6 nitrogen and oxygen atoms in total. The fourth-order valence-corrected chi connectivity index (χ4v) is 3.33. The van der Waals surface area contributed by atoms with Crippen molar-refractivity contribution in [2.45, 2.75) is 0 Å². The Hall–Kier alpha value is -2.90. The molecule has 2 aliphatic rings. The highest BCUT2D eigenvalue weighted by molar-refractivity contribution is 6.31. The van der Waals surface area contributed by atoms with E-state index < -0.39 is 0 Å². The van der Waals surface area contributed by atoms with Crippen LogP contribution in [0, 0.1) is 5.82 Å². The van der Waals surface area contributed by atoms with Crippen LogP contribution in [0.3, 0.4) is 0 Å². The fraction of sp³-hybridized carbons (Fsp3) is 0.286. The molecule has 3 N–H and O–H groups in total. The van der Waals surface area contributed by atoms with Crippen molar-refractivity contribution in [1.29, 1.82) is 0 Å². The Balaban J connectivity index is 1.33. The zero-order valence-electron chi connectivity index (χ0n) is 15.5. The number of ether oxygens (including phenoxy) is 1. The van der Waals surface area contributed by atoms with Gasteiger partial charge in [-0.3, -0.25) is 9.69 Å². The number of rotatable bonds is 6. The van der Waals surface area contributed by atoms with Gasteiger partial charge in [-0.05, 0) is 42.5 Å². The standard InChI is InChI=1S/C21H23FN4O2/c22-15-1-6-20-18(13-15)19(21(27)25-20)14-24-17-4-2-16(3-5-17)23-7-8-26-9-11-28-12-10-26/h1-6,13-14,23-24H,7-12H2,(H,25,27). The van der Waals surface area contributed by atoms with Gasteiger partial charge in [0.15, 0.2) is 0 Å². The van der Waals surface area contributed by atoms with Gasteiger partial charge < -0.3 is 20.7 Å². The number of hydrogen-bond donors (Lipinski definition) is 3. The first kappa shape index (κ1) is 18.5. The Morgan fingerprint density at radius 1 is 1.11 bits per heavy atom. The molecule has 0 spiro atoms. The Morgan fingerprint density at radius 3 is 2.64 bits per heavy atom. The third-order valence-electron chi connectivity index (χ3n) is 4.89. The maximum atomic E-state index is 13.5. The second-order valence-electron chi connectivity index (χ2n) is 6.80. The maximum absolute atomic E-state index is 13.5. The van der Waals surface area contributed by atoms with Crippen LogP contribution in [0.25, 0.3) is 5.57 Å². The Morgan fingerprint density at radius 2 is 1.86 bits per heavy atom. The molecular weight excluding hydrogens is 359 g/mol. The van der Waals surface area contributed by atoms with E-state index in [9.17, 15) is 9.18 Å². The van der Waals surface area contributed by atoms with Crippen LogP contribution in [0.5, 0.6) is 0 Å². The lowest BCUT2D eigenvalue weighted by Gasteiger charge is -2.26. The molecule has 0 unspecified atom stereocenters. The van der Waals surface area contributed by atoms with Crippen LogP contribution in [0.2, 0.25) is 0 Å². The highest BCUT2D eigenvalue weighted by Gasteiger charge is 2.24. The second-order valence-corrected chi connectivity index (χ2v) is 6.80. The van der Waals surface area contributed by atoms with E-state index in [1.807, 2.05) is 24.3 Å². The second kappa shape index (κ2) is 8.41. The van der Waals surface area contributed by atoms with E-state index in [0.29, 0.717) is 16.8 Å². The van der Waals surface area contributed by atoms with Gasteiger partial charge in [0.05, 0.1) is 18.8 Å². The van der Waals surface area contributed by atoms with Crippen molar-refractivity contribution in [3.05, 3.63) is 60.0 Å². The summed E-state index contributed by atoms with van der Waals surface area (Å²) in [6, 6.07) is 12.1. The van der Waals surface area contributed by atoms with Crippen molar-refractivity contribution < 1.29 is 13.9 Å². The molecule has 2 heterocycles. The third kappa shape index (κ3) is 4.32. The number of carbonyl (C=O) groups is 1. The van der Waals surface area contributed by atoms with Crippen LogP contribution in [0.15, 0.2) is 48.7 Å². The van der Waals surface area contributed by atoms with Crippen LogP contribution in [0.1, 0.15) is 5.56 Å². The number of nitrogens with one attached hydrogen (secondary N) is 3. The van der Waals surface area contributed by atoms with Crippen LogP contribution >= 0.6 is 0 Å². The van der Waals surface area contributed by atoms with E-state index >= 15 is 0 Å². The van der Waals surface area contributed by atoms with E-state index in [1.165, 1.54) is 12.1 Å². The summed E-state index contributed by atoms with van der Waals surface area (Å²) in [4.78, 5) is 14.5. The number of fused-ring (bicyclic) bond motifs is 1. The molecule has 0 bridgehead atoms. The topological polar surface area (TPSA) is 65.6 Å². The number of benzene rings is 2. The van der Waals surface area contributed by atoms with Gasteiger partial charge in [-0.1, -0.05) is 0 Å². The zero-order chi connectivity index (χ0) is 19.3. The molecule has 2 aromatic rings. The van der Waals surface area contributed by atoms with Gasteiger partial charge in [0, 0.05) is 55.0 Å². The lowest BCUT2D eigenvalue weighted by molar-refractivity contribution is -0.110. The number of anilines is 3. The summed E-state index contributed by atoms with van der Waals surface area (Å²) >= 11 is 0. The quantitative estimate of drug-likeness (QED) is 0.671. The molecule has 7 heteroatoms. The molecule has 146 valence electrons. The molecular formula is C21H23FN4O2. The summed E-state index contributed by atoms with van der Waals surface area (Å²) in [6.07, 6.45) is 1.61. The first-order chi connectivity index (χ1) is 13.7. The lowest BCUT2D eigenvalue weighted by atomic mass is 10.1. The minimum absolute atomic E-state index is 0.241. The monoisotopic (exact) mass is 382 g/mol. The molecule has 1 saturated heterocycles. The number of halogens is 1. The van der Waals surface area contributed by atoms with Crippen molar-refractivity contribution in [2.24, 2.45) is 0 Å². The van der Waals surface area contributed by atoms with Crippen LogP contribution < -0.4 is 16.0 Å². The number of nitrogens with zero attached hydrogens (tertiary/aromatic N) is 1. The van der Waals surface area contributed by atoms with Crippen molar-refractivity contribution in [3.8, 4) is 0 Å². The molecule has 2 aromatic carbocycles. The zero-order valence-corrected chi connectivity index (χ0v) is 15.5. The SMILES string of the molecule is O=C1Nc2ccc(F)cc2C1=CNc1ccc(NCCN2CCOCC2)cc1. The van der Waals surface area contributed by atoms with Crippen LogP contribution in [-0.4, -0.2) is 50.2 Å². The third-order valence-corrected chi connectivity index (χ3v) is 4.89. The minimum Gasteiger partial charge on any atom is -0.384 e. The van der Waals surface area contributed by atoms with Crippen molar-refractivity contribution in [2.75, 3.05) is 55.3 Å². The molecule has 0 aliphatic carbocycles. The largest absolute Gasteiger partial charge is 0.384 e. The molecule has 0 atom stereocenters. The number of amides is 1. The summed E-state index contributed by atoms with van der Waals surface area (Å²) < 4.78 is 18.8. The average molecular weight is 382 g/mol. The van der Waals surface area contributed by atoms with Crippen LogP contribution in [-0.2, 0) is 9.53 Å².